The normalized spacial score (nSPS) is 15.9. The van der Waals surface area contributed by atoms with Crippen molar-refractivity contribution < 1.29 is 38.3 Å². The number of benzene rings is 1. The molecular weight excluding hydrogens is 686 g/mol. The molecular formula is C33H46ClN9O8. The average molecular weight is 732 g/mol. The second-order valence-corrected chi connectivity index (χ2v) is 13.5. The van der Waals surface area contributed by atoms with Crippen LogP contribution in [0.1, 0.15) is 51.3 Å². The third-order valence-corrected chi connectivity index (χ3v) is 8.06. The lowest BCUT2D eigenvalue weighted by molar-refractivity contribution is -0.143. The minimum Gasteiger partial charge on any atom is -0.488 e. The number of nitrogens with one attached hydrogen (secondary N) is 4. The number of alkyl halides is 1. The summed E-state index contributed by atoms with van der Waals surface area (Å²) in [7, 11) is 1.34. The molecule has 4 atom stereocenters. The Morgan fingerprint density at radius 2 is 1.67 bits per heavy atom. The Kier molecular flexibility index (Phi) is 14.3. The number of ether oxygens (including phenoxy) is 1. The summed E-state index contributed by atoms with van der Waals surface area (Å²) in [6.45, 7) is 5.31. The number of halogens is 1. The van der Waals surface area contributed by atoms with E-state index in [4.69, 9.17) is 27.8 Å². The van der Waals surface area contributed by atoms with E-state index in [2.05, 4.69) is 25.9 Å². The third-order valence-electron chi connectivity index (χ3n) is 7.81. The molecule has 1 aliphatic heterocycles. The number of carbonyl (C=O) groups is 7. The smallest absolute Gasteiger partial charge is 0.246 e. The van der Waals surface area contributed by atoms with Crippen LogP contribution in [0, 0.1) is 0 Å². The summed E-state index contributed by atoms with van der Waals surface area (Å²) in [4.78, 5) is 98.8. The SMILES string of the molecule is CN(CC(=O)N[C@@H](CC(N)=O)C(=O)N1CCCC1C(=O)N[C@@H](Cc1cnc[nH]1)C(N)=O)C(=O)[C@H](Cc1ccc(OC(C)(C)C)cc1)NC(=O)CCl. The van der Waals surface area contributed by atoms with Crippen LogP contribution in [0.4, 0.5) is 0 Å². The van der Waals surface area contributed by atoms with Crippen LogP contribution in [0.25, 0.3) is 0 Å². The largest absolute Gasteiger partial charge is 0.488 e. The van der Waals surface area contributed by atoms with E-state index in [1.165, 1.54) is 24.5 Å². The van der Waals surface area contributed by atoms with Crippen molar-refractivity contribution in [2.24, 2.45) is 11.5 Å². The van der Waals surface area contributed by atoms with Crippen LogP contribution in [-0.2, 0) is 46.4 Å². The van der Waals surface area contributed by atoms with Gasteiger partial charge in [0, 0.05) is 38.3 Å². The van der Waals surface area contributed by atoms with Gasteiger partial charge in [0.05, 0.1) is 19.3 Å². The number of carbonyl (C=O) groups excluding carboxylic acids is 7. The molecule has 1 aromatic heterocycles. The number of aromatic amines is 1. The molecule has 18 heteroatoms. The van der Waals surface area contributed by atoms with Crippen LogP contribution in [0.5, 0.6) is 5.75 Å². The average Bonchev–Trinajstić information content (AvgIpc) is 3.76. The van der Waals surface area contributed by atoms with Crippen molar-refractivity contribution in [3.05, 3.63) is 48.0 Å². The number of aromatic nitrogens is 2. The van der Waals surface area contributed by atoms with E-state index >= 15 is 0 Å². The quantitative estimate of drug-likeness (QED) is 0.108. The van der Waals surface area contributed by atoms with Crippen molar-refractivity contribution in [2.75, 3.05) is 26.0 Å². The predicted molar refractivity (Wildman–Crippen MR) is 185 cm³/mol. The summed E-state index contributed by atoms with van der Waals surface area (Å²) in [6.07, 6.45) is 3.11. The van der Waals surface area contributed by atoms with Crippen LogP contribution in [0.3, 0.4) is 0 Å². The number of rotatable bonds is 17. The summed E-state index contributed by atoms with van der Waals surface area (Å²) in [5.41, 5.74) is 11.7. The number of likely N-dealkylation sites (tertiary alicyclic amines) is 1. The summed E-state index contributed by atoms with van der Waals surface area (Å²) < 4.78 is 5.83. The monoisotopic (exact) mass is 731 g/mol. The number of imidazole rings is 1. The number of likely N-dealkylation sites (N-methyl/N-ethyl adjacent to an activating group) is 1. The Bertz CT molecular complexity index is 1560. The molecule has 1 aliphatic rings. The maximum Gasteiger partial charge on any atom is 0.246 e. The molecule has 0 saturated carbocycles. The summed E-state index contributed by atoms with van der Waals surface area (Å²) in [6, 6.07) is 2.33. The number of hydrogen-bond acceptors (Lipinski definition) is 9. The number of primary amides is 2. The Hall–Kier alpha value is -5.19. The highest BCUT2D eigenvalue weighted by molar-refractivity contribution is 6.27. The van der Waals surface area contributed by atoms with Crippen LogP contribution >= 0.6 is 11.6 Å². The van der Waals surface area contributed by atoms with Crippen molar-refractivity contribution in [3.8, 4) is 5.75 Å². The van der Waals surface area contributed by atoms with E-state index in [0.29, 0.717) is 23.4 Å². The van der Waals surface area contributed by atoms with Crippen molar-refractivity contribution in [1.82, 2.24) is 35.7 Å². The summed E-state index contributed by atoms with van der Waals surface area (Å²) in [5.74, 6) is -4.87. The van der Waals surface area contributed by atoms with E-state index in [0.717, 1.165) is 4.90 Å². The number of nitrogens with two attached hydrogens (primary N) is 2. The van der Waals surface area contributed by atoms with E-state index in [9.17, 15) is 33.6 Å². The maximum atomic E-state index is 13.7. The lowest BCUT2D eigenvalue weighted by Gasteiger charge is -2.30. The van der Waals surface area contributed by atoms with Gasteiger partial charge in [-0.25, -0.2) is 4.98 Å². The lowest BCUT2D eigenvalue weighted by atomic mass is 10.0. The van der Waals surface area contributed by atoms with E-state index in [1.54, 1.807) is 24.3 Å². The van der Waals surface area contributed by atoms with Gasteiger partial charge in [0.15, 0.2) is 0 Å². The fraction of sp³-hybridized carbons (Fsp3) is 0.515. The minimum absolute atomic E-state index is 0.0451. The number of amides is 7. The highest BCUT2D eigenvalue weighted by atomic mass is 35.5. The topological polar surface area (TPSA) is 252 Å². The second-order valence-electron chi connectivity index (χ2n) is 13.2. The first-order valence-corrected chi connectivity index (χ1v) is 16.8. The van der Waals surface area contributed by atoms with E-state index in [-0.39, 0.29) is 25.8 Å². The minimum atomic E-state index is -1.45. The van der Waals surface area contributed by atoms with E-state index < -0.39 is 90.0 Å². The third kappa shape index (κ3) is 12.6. The van der Waals surface area contributed by atoms with Gasteiger partial charge in [0.25, 0.3) is 0 Å². The molecule has 1 fully saturated rings. The van der Waals surface area contributed by atoms with Crippen LogP contribution in [0.15, 0.2) is 36.8 Å². The molecule has 3 rings (SSSR count). The fourth-order valence-electron chi connectivity index (χ4n) is 5.53. The number of nitrogens with zero attached hydrogens (tertiary/aromatic N) is 3. The number of H-pyrrole nitrogens is 1. The second kappa shape index (κ2) is 18.2. The molecule has 1 unspecified atom stereocenters. The fourth-order valence-corrected chi connectivity index (χ4v) is 5.60. The highest BCUT2D eigenvalue weighted by Gasteiger charge is 2.39. The molecule has 17 nitrogen and oxygen atoms in total. The highest BCUT2D eigenvalue weighted by Crippen LogP contribution is 2.21. The molecule has 1 saturated heterocycles. The van der Waals surface area contributed by atoms with Gasteiger partial charge in [-0.05, 0) is 51.3 Å². The Balaban J connectivity index is 1.68. The molecule has 2 heterocycles. The molecule has 0 aliphatic carbocycles. The lowest BCUT2D eigenvalue weighted by Crippen LogP contribution is -2.57. The Morgan fingerprint density at radius 1 is 1.00 bits per heavy atom. The number of hydrogen-bond donors (Lipinski definition) is 6. The molecule has 0 radical (unpaired) electrons. The zero-order valence-electron chi connectivity index (χ0n) is 29.1. The molecule has 0 bridgehead atoms. The van der Waals surface area contributed by atoms with Gasteiger partial charge < -0.3 is 46.9 Å². The van der Waals surface area contributed by atoms with Crippen molar-refractivity contribution in [3.63, 3.8) is 0 Å². The van der Waals surface area contributed by atoms with Gasteiger partial charge >= 0.3 is 0 Å². The van der Waals surface area contributed by atoms with Gasteiger partial charge in [-0.3, -0.25) is 33.6 Å². The Morgan fingerprint density at radius 3 is 2.24 bits per heavy atom. The van der Waals surface area contributed by atoms with Crippen molar-refractivity contribution in [2.45, 2.75) is 82.6 Å². The molecule has 278 valence electrons. The van der Waals surface area contributed by atoms with E-state index in [1.807, 2.05) is 20.8 Å². The van der Waals surface area contributed by atoms with Crippen LogP contribution in [0.2, 0.25) is 0 Å². The van der Waals surface area contributed by atoms with Crippen LogP contribution < -0.4 is 32.2 Å². The molecule has 2 aromatic rings. The van der Waals surface area contributed by atoms with Gasteiger partial charge in [0.1, 0.15) is 41.4 Å². The van der Waals surface area contributed by atoms with Crippen molar-refractivity contribution in [1.29, 1.82) is 0 Å². The molecule has 0 spiro atoms. The van der Waals surface area contributed by atoms with Gasteiger partial charge in [-0.1, -0.05) is 12.1 Å². The van der Waals surface area contributed by atoms with Gasteiger partial charge in [-0.2, -0.15) is 0 Å². The maximum absolute atomic E-state index is 13.7. The Labute approximate surface area is 300 Å². The molecule has 8 N–H and O–H groups in total. The van der Waals surface area contributed by atoms with Gasteiger partial charge in [0.2, 0.25) is 41.4 Å². The zero-order valence-corrected chi connectivity index (χ0v) is 29.8. The first kappa shape index (κ1) is 40.2. The standard InChI is InChI=1S/C33H46ClN9O8/c1-33(2,3)51-21-9-7-19(8-10-21)12-23(39-27(45)15-34)31(49)42(4)17-28(46)40-24(14-26(35)44)32(50)43-11-5-6-25(43)30(48)41-22(29(36)47)13-20-16-37-18-38-20/h7-10,16,18,22-25H,5-6,11-15,17H2,1-4H3,(H2,35,44)(H2,36,47)(H,37,38)(H,39,45)(H,40,46)(H,41,48)/t22-,23-,24-,25?/m0/s1. The summed E-state index contributed by atoms with van der Waals surface area (Å²) >= 11 is 5.69. The predicted octanol–water partition coefficient (Wildman–Crippen LogP) is -1.12. The first-order valence-electron chi connectivity index (χ1n) is 16.3. The molecule has 51 heavy (non-hydrogen) atoms. The molecule has 7 amide bonds. The molecule has 1 aromatic carbocycles. The van der Waals surface area contributed by atoms with Crippen molar-refractivity contribution >= 4 is 53.0 Å². The first-order chi connectivity index (χ1) is 24.0. The zero-order chi connectivity index (χ0) is 37.9. The summed E-state index contributed by atoms with van der Waals surface area (Å²) in [5, 5.41) is 7.61. The van der Waals surface area contributed by atoms with Gasteiger partial charge in [-0.15, -0.1) is 11.6 Å². The van der Waals surface area contributed by atoms with Crippen LogP contribution in [-0.4, -0.2) is 117 Å².